The van der Waals surface area contributed by atoms with Gasteiger partial charge in [-0.05, 0) is 43.0 Å². The highest BCUT2D eigenvalue weighted by Gasteiger charge is 2.47. The van der Waals surface area contributed by atoms with Gasteiger partial charge in [0.25, 0.3) is 0 Å². The van der Waals surface area contributed by atoms with Crippen molar-refractivity contribution in [1.29, 1.82) is 0 Å². The predicted molar refractivity (Wildman–Crippen MR) is 110 cm³/mol. The average Bonchev–Trinajstić information content (AvgIpc) is 2.92. The molecule has 4 amide bonds. The maximum Gasteiger partial charge on any atom is 0.233 e. The van der Waals surface area contributed by atoms with Gasteiger partial charge in [0.05, 0.1) is 11.8 Å². The minimum absolute atomic E-state index is 0.0442. The van der Waals surface area contributed by atoms with Gasteiger partial charge in [-0.1, -0.05) is 26.7 Å². The summed E-state index contributed by atoms with van der Waals surface area (Å²) in [5, 5.41) is 5.59. The second-order valence-electron chi connectivity index (χ2n) is 8.35. The van der Waals surface area contributed by atoms with Crippen LogP contribution >= 0.6 is 0 Å². The summed E-state index contributed by atoms with van der Waals surface area (Å²) in [6.07, 6.45) is 4.05. The van der Waals surface area contributed by atoms with Crippen molar-refractivity contribution < 1.29 is 19.2 Å². The Morgan fingerprint density at radius 3 is 1.90 bits per heavy atom. The van der Waals surface area contributed by atoms with Crippen LogP contribution in [0.4, 0.5) is 11.4 Å². The monoisotopic (exact) mass is 399 g/mol. The highest BCUT2D eigenvalue weighted by molar-refractivity contribution is 6.05. The van der Waals surface area contributed by atoms with Crippen molar-refractivity contribution in [2.24, 2.45) is 17.8 Å². The zero-order valence-corrected chi connectivity index (χ0v) is 17.1. The van der Waals surface area contributed by atoms with E-state index in [9.17, 15) is 19.2 Å². The molecule has 1 aliphatic carbocycles. The van der Waals surface area contributed by atoms with Crippen molar-refractivity contribution in [3.8, 4) is 0 Å². The minimum Gasteiger partial charge on any atom is -0.326 e. The normalized spacial score (nSPS) is 21.3. The van der Waals surface area contributed by atoms with Gasteiger partial charge in [0.1, 0.15) is 0 Å². The lowest BCUT2D eigenvalue weighted by Crippen LogP contribution is -2.34. The summed E-state index contributed by atoms with van der Waals surface area (Å²) in [6, 6.07) is 6.88. The Kier molecular flexibility index (Phi) is 6.67. The van der Waals surface area contributed by atoms with Crippen LogP contribution in [0, 0.1) is 17.8 Å². The van der Waals surface area contributed by atoms with E-state index in [2.05, 4.69) is 10.6 Å². The standard InChI is InChI=1S/C22H29N3O4/c1-14(2)13-20(27)24-16-9-7-15(8-10-16)23-19(26)11-12-25-21(28)17-5-3-4-6-18(17)22(25)29/h7-10,14,17-18H,3-6,11-13H2,1-2H3,(H,23,26)(H,24,27). The Morgan fingerprint density at radius 1 is 0.931 bits per heavy atom. The molecule has 2 fully saturated rings. The number of nitrogens with zero attached hydrogens (tertiary/aromatic N) is 1. The van der Waals surface area contributed by atoms with E-state index in [0.29, 0.717) is 17.8 Å². The molecule has 1 saturated carbocycles. The Hall–Kier alpha value is -2.70. The van der Waals surface area contributed by atoms with Gasteiger partial charge in [-0.3, -0.25) is 24.1 Å². The fourth-order valence-electron chi connectivity index (χ4n) is 4.11. The number of hydrogen-bond acceptors (Lipinski definition) is 4. The van der Waals surface area contributed by atoms with Crippen molar-refractivity contribution in [2.75, 3.05) is 17.2 Å². The summed E-state index contributed by atoms with van der Waals surface area (Å²) in [5.74, 6) is -0.611. The van der Waals surface area contributed by atoms with Gasteiger partial charge in [0.2, 0.25) is 23.6 Å². The lowest BCUT2D eigenvalue weighted by molar-refractivity contribution is -0.140. The largest absolute Gasteiger partial charge is 0.326 e. The van der Waals surface area contributed by atoms with E-state index < -0.39 is 0 Å². The van der Waals surface area contributed by atoms with Crippen LogP contribution in [0.25, 0.3) is 0 Å². The third-order valence-electron chi connectivity index (χ3n) is 5.54. The summed E-state index contributed by atoms with van der Waals surface area (Å²) in [5.41, 5.74) is 1.27. The molecular formula is C22H29N3O4. The Bertz CT molecular complexity index is 764. The molecule has 7 heteroatoms. The molecule has 2 aliphatic rings. The van der Waals surface area contributed by atoms with Crippen molar-refractivity contribution in [1.82, 2.24) is 4.90 Å². The fourth-order valence-corrected chi connectivity index (χ4v) is 4.11. The Balaban J connectivity index is 1.48. The molecule has 0 bridgehead atoms. The van der Waals surface area contributed by atoms with Gasteiger partial charge in [-0.25, -0.2) is 0 Å². The first-order valence-electron chi connectivity index (χ1n) is 10.4. The van der Waals surface area contributed by atoms with Gasteiger partial charge < -0.3 is 10.6 Å². The van der Waals surface area contributed by atoms with E-state index in [4.69, 9.17) is 0 Å². The number of amides is 4. The van der Waals surface area contributed by atoms with Gasteiger partial charge in [0, 0.05) is 30.8 Å². The molecule has 1 saturated heterocycles. The highest BCUT2D eigenvalue weighted by atomic mass is 16.2. The fraction of sp³-hybridized carbons (Fsp3) is 0.545. The predicted octanol–water partition coefficient (Wildman–Crippen LogP) is 3.18. The van der Waals surface area contributed by atoms with Crippen molar-refractivity contribution in [3.05, 3.63) is 24.3 Å². The number of hydrogen-bond donors (Lipinski definition) is 2. The summed E-state index contributed by atoms with van der Waals surface area (Å²) < 4.78 is 0. The maximum absolute atomic E-state index is 12.5. The molecule has 1 aliphatic heterocycles. The quantitative estimate of drug-likeness (QED) is 0.689. The van der Waals surface area contributed by atoms with E-state index in [0.717, 1.165) is 25.7 Å². The number of imide groups is 1. The molecule has 7 nitrogen and oxygen atoms in total. The lowest BCUT2D eigenvalue weighted by Gasteiger charge is -2.19. The van der Waals surface area contributed by atoms with Crippen LogP contribution in [0.5, 0.6) is 0 Å². The molecule has 0 aromatic heterocycles. The van der Waals surface area contributed by atoms with E-state index >= 15 is 0 Å². The van der Waals surface area contributed by atoms with Gasteiger partial charge in [-0.2, -0.15) is 0 Å². The van der Waals surface area contributed by atoms with Crippen LogP contribution in [-0.2, 0) is 19.2 Å². The third-order valence-corrected chi connectivity index (χ3v) is 5.54. The number of nitrogens with one attached hydrogen (secondary N) is 2. The molecule has 29 heavy (non-hydrogen) atoms. The van der Waals surface area contributed by atoms with Crippen LogP contribution < -0.4 is 10.6 Å². The van der Waals surface area contributed by atoms with Crippen molar-refractivity contribution >= 4 is 35.0 Å². The first kappa shape index (κ1) is 21.0. The number of carbonyl (C=O) groups is 4. The highest BCUT2D eigenvalue weighted by Crippen LogP contribution is 2.37. The molecule has 1 aromatic carbocycles. The molecule has 0 spiro atoms. The second kappa shape index (κ2) is 9.20. The molecule has 1 aromatic rings. The number of likely N-dealkylation sites (tertiary alicyclic amines) is 1. The summed E-state index contributed by atoms with van der Waals surface area (Å²) >= 11 is 0. The molecule has 1 heterocycles. The molecule has 2 atom stereocenters. The number of rotatable bonds is 7. The SMILES string of the molecule is CC(C)CC(=O)Nc1ccc(NC(=O)CCN2C(=O)C3CCCCC3C2=O)cc1. The Morgan fingerprint density at radius 2 is 1.41 bits per heavy atom. The van der Waals surface area contributed by atoms with Crippen LogP contribution in [0.1, 0.15) is 52.4 Å². The van der Waals surface area contributed by atoms with Gasteiger partial charge >= 0.3 is 0 Å². The minimum atomic E-state index is -0.253. The number of carbonyl (C=O) groups excluding carboxylic acids is 4. The zero-order chi connectivity index (χ0) is 21.0. The van der Waals surface area contributed by atoms with Crippen LogP contribution in [0.3, 0.4) is 0 Å². The summed E-state index contributed by atoms with van der Waals surface area (Å²) in [7, 11) is 0. The van der Waals surface area contributed by atoms with Crippen molar-refractivity contribution in [2.45, 2.75) is 52.4 Å². The first-order valence-corrected chi connectivity index (χ1v) is 10.4. The zero-order valence-electron chi connectivity index (χ0n) is 17.1. The van der Waals surface area contributed by atoms with Crippen molar-refractivity contribution in [3.63, 3.8) is 0 Å². The van der Waals surface area contributed by atoms with Gasteiger partial charge in [-0.15, -0.1) is 0 Å². The summed E-state index contributed by atoms with van der Waals surface area (Å²) in [4.78, 5) is 50.2. The second-order valence-corrected chi connectivity index (χ2v) is 8.35. The van der Waals surface area contributed by atoms with E-state index in [1.807, 2.05) is 13.8 Å². The molecule has 0 radical (unpaired) electrons. The van der Waals surface area contributed by atoms with E-state index in [1.54, 1.807) is 24.3 Å². The van der Waals surface area contributed by atoms with E-state index in [-0.39, 0.29) is 54.3 Å². The third kappa shape index (κ3) is 5.22. The number of fused-ring (bicyclic) bond motifs is 1. The van der Waals surface area contributed by atoms with Gasteiger partial charge in [0.15, 0.2) is 0 Å². The number of anilines is 2. The summed E-state index contributed by atoms with van der Waals surface area (Å²) in [6.45, 7) is 4.09. The maximum atomic E-state index is 12.5. The first-order chi connectivity index (χ1) is 13.8. The average molecular weight is 399 g/mol. The molecule has 2 unspecified atom stereocenters. The molecule has 2 N–H and O–H groups in total. The van der Waals surface area contributed by atoms with E-state index in [1.165, 1.54) is 4.90 Å². The Labute approximate surface area is 171 Å². The molecule has 3 rings (SSSR count). The topological polar surface area (TPSA) is 95.6 Å². The molecular weight excluding hydrogens is 370 g/mol. The smallest absolute Gasteiger partial charge is 0.233 e. The van der Waals surface area contributed by atoms with Crippen LogP contribution in [-0.4, -0.2) is 35.1 Å². The van der Waals surface area contributed by atoms with Crippen LogP contribution in [0.2, 0.25) is 0 Å². The molecule has 156 valence electrons. The lowest BCUT2D eigenvalue weighted by atomic mass is 9.81. The van der Waals surface area contributed by atoms with Crippen LogP contribution in [0.15, 0.2) is 24.3 Å². The number of benzene rings is 1.